The van der Waals surface area contributed by atoms with Crippen molar-refractivity contribution in [1.82, 2.24) is 10.2 Å². The molecule has 0 saturated carbocycles. The van der Waals surface area contributed by atoms with Crippen molar-refractivity contribution in [3.63, 3.8) is 0 Å². The third kappa shape index (κ3) is 5.85. The first-order valence-electron chi connectivity index (χ1n) is 9.29. The van der Waals surface area contributed by atoms with E-state index >= 15 is 0 Å². The molecular weight excluding hydrogens is 415 g/mol. The summed E-state index contributed by atoms with van der Waals surface area (Å²) in [4.78, 5) is 26.5. The fourth-order valence-corrected chi connectivity index (χ4v) is 3.31. The van der Waals surface area contributed by atoms with Crippen molar-refractivity contribution in [3.05, 3.63) is 63.6 Å². The summed E-state index contributed by atoms with van der Waals surface area (Å²) in [6.45, 7) is 4.31. The van der Waals surface area contributed by atoms with E-state index in [2.05, 4.69) is 5.32 Å². The Hall–Kier alpha value is -2.28. The number of nitrogens with one attached hydrogen (secondary N) is 1. The molecule has 29 heavy (non-hydrogen) atoms. The standard InChI is InChI=1S/C21H22Cl2N2O4/c1-14(29-19-7-6-17(22)12-18(19)23)20(26)24-13-15-2-4-16(5-3-15)21(27)25-8-10-28-11-9-25/h2-7,12,14H,8-11,13H2,1H3,(H,24,26)/t14-/m0/s1. The summed E-state index contributed by atoms with van der Waals surface area (Å²) < 4.78 is 10.9. The number of rotatable bonds is 6. The molecule has 0 aromatic heterocycles. The average Bonchev–Trinajstić information content (AvgIpc) is 2.74. The fraction of sp³-hybridized carbons (Fsp3) is 0.333. The van der Waals surface area contributed by atoms with Gasteiger partial charge in [0.2, 0.25) is 0 Å². The van der Waals surface area contributed by atoms with E-state index in [-0.39, 0.29) is 11.8 Å². The molecule has 2 aromatic rings. The summed E-state index contributed by atoms with van der Waals surface area (Å²) in [5, 5.41) is 3.66. The van der Waals surface area contributed by atoms with Crippen LogP contribution in [0.2, 0.25) is 10.0 Å². The van der Waals surface area contributed by atoms with Gasteiger partial charge in [0.25, 0.3) is 11.8 Å². The van der Waals surface area contributed by atoms with Crippen LogP contribution in [0.5, 0.6) is 5.75 Å². The second kappa shape index (κ2) is 9.96. The van der Waals surface area contributed by atoms with Gasteiger partial charge in [0.1, 0.15) is 5.75 Å². The number of hydrogen-bond acceptors (Lipinski definition) is 4. The monoisotopic (exact) mass is 436 g/mol. The minimum absolute atomic E-state index is 0.00856. The summed E-state index contributed by atoms with van der Waals surface area (Å²) in [7, 11) is 0. The van der Waals surface area contributed by atoms with Gasteiger partial charge in [-0.15, -0.1) is 0 Å². The summed E-state index contributed by atoms with van der Waals surface area (Å²) in [5.74, 6) is 0.111. The highest BCUT2D eigenvalue weighted by Gasteiger charge is 2.19. The van der Waals surface area contributed by atoms with Gasteiger partial charge in [-0.25, -0.2) is 0 Å². The molecule has 0 aliphatic carbocycles. The highest BCUT2D eigenvalue weighted by Crippen LogP contribution is 2.28. The Balaban J connectivity index is 1.51. The molecule has 1 fully saturated rings. The molecular formula is C21H22Cl2N2O4. The van der Waals surface area contributed by atoms with Crippen LogP contribution in [0.15, 0.2) is 42.5 Å². The second-order valence-electron chi connectivity index (χ2n) is 6.65. The van der Waals surface area contributed by atoms with Gasteiger partial charge in [0.15, 0.2) is 6.10 Å². The quantitative estimate of drug-likeness (QED) is 0.751. The molecule has 1 N–H and O–H groups in total. The van der Waals surface area contributed by atoms with E-state index in [4.69, 9.17) is 32.7 Å². The second-order valence-corrected chi connectivity index (χ2v) is 7.50. The molecule has 0 bridgehead atoms. The molecule has 154 valence electrons. The molecule has 3 rings (SSSR count). The fourth-order valence-electron chi connectivity index (χ4n) is 2.86. The number of halogens is 2. The van der Waals surface area contributed by atoms with Gasteiger partial charge in [-0.1, -0.05) is 35.3 Å². The van der Waals surface area contributed by atoms with Crippen molar-refractivity contribution in [2.75, 3.05) is 26.3 Å². The Morgan fingerprint density at radius 1 is 1.14 bits per heavy atom. The zero-order chi connectivity index (χ0) is 20.8. The van der Waals surface area contributed by atoms with Crippen molar-refractivity contribution in [2.24, 2.45) is 0 Å². The van der Waals surface area contributed by atoms with Crippen LogP contribution in [0.4, 0.5) is 0 Å². The average molecular weight is 437 g/mol. The first-order valence-corrected chi connectivity index (χ1v) is 10.0. The molecule has 1 aliphatic rings. The number of carbonyl (C=O) groups is 2. The van der Waals surface area contributed by atoms with Gasteiger partial charge >= 0.3 is 0 Å². The van der Waals surface area contributed by atoms with Crippen molar-refractivity contribution >= 4 is 35.0 Å². The lowest BCUT2D eigenvalue weighted by Crippen LogP contribution is -2.40. The largest absolute Gasteiger partial charge is 0.479 e. The number of amides is 2. The van der Waals surface area contributed by atoms with Crippen LogP contribution in [0.3, 0.4) is 0 Å². The van der Waals surface area contributed by atoms with Gasteiger partial charge in [-0.3, -0.25) is 9.59 Å². The zero-order valence-electron chi connectivity index (χ0n) is 16.0. The van der Waals surface area contributed by atoms with Crippen molar-refractivity contribution < 1.29 is 19.1 Å². The van der Waals surface area contributed by atoms with Crippen LogP contribution in [-0.2, 0) is 16.1 Å². The maximum atomic E-state index is 12.5. The Labute approximate surface area is 179 Å². The third-order valence-corrected chi connectivity index (χ3v) is 5.06. The maximum Gasteiger partial charge on any atom is 0.261 e. The van der Waals surface area contributed by atoms with Crippen LogP contribution >= 0.6 is 23.2 Å². The van der Waals surface area contributed by atoms with Gasteiger partial charge in [0, 0.05) is 30.2 Å². The van der Waals surface area contributed by atoms with Gasteiger partial charge in [-0.05, 0) is 42.8 Å². The minimum atomic E-state index is -0.726. The van der Waals surface area contributed by atoms with E-state index in [1.807, 2.05) is 12.1 Å². The lowest BCUT2D eigenvalue weighted by atomic mass is 10.1. The predicted molar refractivity (Wildman–Crippen MR) is 112 cm³/mol. The molecule has 6 nitrogen and oxygen atoms in total. The molecule has 1 aliphatic heterocycles. The van der Waals surface area contributed by atoms with Crippen LogP contribution in [-0.4, -0.2) is 49.1 Å². The molecule has 2 amide bonds. The highest BCUT2D eigenvalue weighted by molar-refractivity contribution is 6.35. The Bertz CT molecular complexity index is 867. The summed E-state index contributed by atoms with van der Waals surface area (Å²) in [6.07, 6.45) is -0.726. The lowest BCUT2D eigenvalue weighted by molar-refractivity contribution is -0.127. The number of benzene rings is 2. The van der Waals surface area contributed by atoms with E-state index in [9.17, 15) is 9.59 Å². The third-order valence-electron chi connectivity index (χ3n) is 4.53. The lowest BCUT2D eigenvalue weighted by Gasteiger charge is -2.26. The highest BCUT2D eigenvalue weighted by atomic mass is 35.5. The zero-order valence-corrected chi connectivity index (χ0v) is 17.5. The van der Waals surface area contributed by atoms with Gasteiger partial charge in [-0.2, -0.15) is 0 Å². The molecule has 0 spiro atoms. The Kier molecular flexibility index (Phi) is 7.36. The van der Waals surface area contributed by atoms with Gasteiger partial charge in [0.05, 0.1) is 18.2 Å². The number of nitrogens with zero attached hydrogens (tertiary/aromatic N) is 1. The molecule has 2 aromatic carbocycles. The van der Waals surface area contributed by atoms with Crippen LogP contribution in [0.1, 0.15) is 22.8 Å². The topological polar surface area (TPSA) is 67.9 Å². The summed E-state index contributed by atoms with van der Waals surface area (Å²) >= 11 is 11.9. The molecule has 1 heterocycles. The van der Waals surface area contributed by atoms with Crippen molar-refractivity contribution in [1.29, 1.82) is 0 Å². The Morgan fingerprint density at radius 2 is 1.83 bits per heavy atom. The van der Waals surface area contributed by atoms with Crippen LogP contribution < -0.4 is 10.1 Å². The maximum absolute atomic E-state index is 12.5. The number of ether oxygens (including phenoxy) is 2. The van der Waals surface area contributed by atoms with Crippen LogP contribution in [0, 0.1) is 0 Å². The van der Waals surface area contributed by atoms with E-state index in [1.165, 1.54) is 0 Å². The smallest absolute Gasteiger partial charge is 0.261 e. The van der Waals surface area contributed by atoms with Crippen LogP contribution in [0.25, 0.3) is 0 Å². The van der Waals surface area contributed by atoms with E-state index < -0.39 is 6.10 Å². The van der Waals surface area contributed by atoms with E-state index in [1.54, 1.807) is 42.2 Å². The van der Waals surface area contributed by atoms with Crippen molar-refractivity contribution in [2.45, 2.75) is 19.6 Å². The summed E-state index contributed by atoms with van der Waals surface area (Å²) in [5.41, 5.74) is 1.50. The number of hydrogen-bond donors (Lipinski definition) is 1. The molecule has 1 atom stereocenters. The van der Waals surface area contributed by atoms with Gasteiger partial charge < -0.3 is 19.7 Å². The normalized spacial score (nSPS) is 14.9. The summed E-state index contributed by atoms with van der Waals surface area (Å²) in [6, 6.07) is 12.0. The number of morpholine rings is 1. The molecule has 8 heteroatoms. The molecule has 0 unspecified atom stereocenters. The van der Waals surface area contributed by atoms with E-state index in [0.717, 1.165) is 5.56 Å². The van der Waals surface area contributed by atoms with E-state index in [0.29, 0.717) is 54.2 Å². The first-order chi connectivity index (χ1) is 13.9. The Morgan fingerprint density at radius 3 is 2.48 bits per heavy atom. The number of carbonyl (C=O) groups excluding carboxylic acids is 2. The predicted octanol–water partition coefficient (Wildman–Crippen LogP) is 3.55. The van der Waals surface area contributed by atoms with Crippen molar-refractivity contribution in [3.8, 4) is 5.75 Å². The molecule has 1 saturated heterocycles. The minimum Gasteiger partial charge on any atom is -0.479 e. The SMILES string of the molecule is C[C@H](Oc1ccc(Cl)cc1Cl)C(=O)NCc1ccc(C(=O)N2CCOCC2)cc1. The molecule has 0 radical (unpaired) electrons. The first kappa shape index (κ1) is 21.4.